The van der Waals surface area contributed by atoms with Gasteiger partial charge in [0.15, 0.2) is 0 Å². The first kappa shape index (κ1) is 8.61. The molecule has 13 heavy (non-hydrogen) atoms. The van der Waals surface area contributed by atoms with E-state index in [0.29, 0.717) is 6.04 Å². The minimum atomic E-state index is 0.283. The molecule has 0 aliphatic carbocycles. The summed E-state index contributed by atoms with van der Waals surface area (Å²) in [6.45, 7) is 6.88. The van der Waals surface area contributed by atoms with E-state index >= 15 is 0 Å². The first-order valence-electron chi connectivity index (χ1n) is 5.02. The van der Waals surface area contributed by atoms with E-state index in [-0.39, 0.29) is 5.41 Å². The average molecular weight is 175 g/mol. The van der Waals surface area contributed by atoms with E-state index in [1.165, 1.54) is 17.7 Å². The quantitative estimate of drug-likeness (QED) is 0.691. The molecule has 1 aliphatic rings. The van der Waals surface area contributed by atoms with Gasteiger partial charge in [-0.2, -0.15) is 0 Å². The molecule has 0 fully saturated rings. The molecule has 0 spiro atoms. The Labute approximate surface area is 80.2 Å². The fourth-order valence-electron chi connectivity index (χ4n) is 2.34. The largest absolute Gasteiger partial charge is 0.381 e. The first-order chi connectivity index (χ1) is 6.16. The molecular weight excluding hydrogens is 158 g/mol. The monoisotopic (exact) mass is 175 g/mol. The highest BCUT2D eigenvalue weighted by atomic mass is 15.0. The van der Waals surface area contributed by atoms with Gasteiger partial charge in [-0.15, -0.1) is 0 Å². The van der Waals surface area contributed by atoms with E-state index in [2.05, 4.69) is 50.4 Å². The van der Waals surface area contributed by atoms with Crippen LogP contribution in [0, 0.1) is 0 Å². The lowest BCUT2D eigenvalue weighted by Crippen LogP contribution is -2.32. The highest BCUT2D eigenvalue weighted by Gasteiger charge is 2.37. The maximum absolute atomic E-state index is 3.57. The molecule has 0 radical (unpaired) electrons. The molecule has 1 aliphatic heterocycles. The number of para-hydroxylation sites is 1. The summed E-state index contributed by atoms with van der Waals surface area (Å²) in [5, 5.41) is 3.57. The Bertz CT molecular complexity index is 315. The third-order valence-electron chi connectivity index (χ3n) is 3.23. The number of rotatable bonds is 1. The van der Waals surface area contributed by atoms with Gasteiger partial charge in [-0.25, -0.2) is 0 Å². The Morgan fingerprint density at radius 2 is 2.00 bits per heavy atom. The van der Waals surface area contributed by atoms with Gasteiger partial charge in [0.1, 0.15) is 0 Å². The van der Waals surface area contributed by atoms with Crippen LogP contribution >= 0.6 is 0 Å². The first-order valence-corrected chi connectivity index (χ1v) is 5.02. The van der Waals surface area contributed by atoms with Crippen molar-refractivity contribution in [3.63, 3.8) is 0 Å². The maximum Gasteiger partial charge on any atom is 0.0381 e. The van der Waals surface area contributed by atoms with Crippen molar-refractivity contribution in [3.05, 3.63) is 29.8 Å². The minimum absolute atomic E-state index is 0.283. The predicted octanol–water partition coefficient (Wildman–Crippen LogP) is 3.17. The second-order valence-corrected chi connectivity index (χ2v) is 4.37. The molecule has 1 heterocycles. The Kier molecular flexibility index (Phi) is 1.83. The van der Waals surface area contributed by atoms with Crippen molar-refractivity contribution < 1.29 is 0 Å². The second kappa shape index (κ2) is 2.76. The Hall–Kier alpha value is -0.980. The Morgan fingerprint density at radius 3 is 2.62 bits per heavy atom. The van der Waals surface area contributed by atoms with Crippen molar-refractivity contribution in [1.82, 2.24) is 0 Å². The van der Waals surface area contributed by atoms with E-state index in [4.69, 9.17) is 0 Å². The highest BCUT2D eigenvalue weighted by Crippen LogP contribution is 2.41. The summed E-state index contributed by atoms with van der Waals surface area (Å²) < 4.78 is 0. The molecule has 0 saturated carbocycles. The van der Waals surface area contributed by atoms with Gasteiger partial charge in [-0.05, 0) is 18.1 Å². The van der Waals surface area contributed by atoms with Gasteiger partial charge in [0.2, 0.25) is 0 Å². The average Bonchev–Trinajstić information content (AvgIpc) is 2.39. The fourth-order valence-corrected chi connectivity index (χ4v) is 2.34. The van der Waals surface area contributed by atoms with E-state index < -0.39 is 0 Å². The van der Waals surface area contributed by atoms with Crippen molar-refractivity contribution in [3.8, 4) is 0 Å². The number of fused-ring (bicyclic) bond motifs is 1. The van der Waals surface area contributed by atoms with Gasteiger partial charge >= 0.3 is 0 Å². The molecule has 1 N–H and O–H groups in total. The Balaban J connectivity index is 2.47. The molecule has 1 nitrogen and oxygen atoms in total. The van der Waals surface area contributed by atoms with Crippen LogP contribution in [0.5, 0.6) is 0 Å². The van der Waals surface area contributed by atoms with Crippen LogP contribution in [-0.4, -0.2) is 6.04 Å². The minimum Gasteiger partial charge on any atom is -0.381 e. The molecule has 0 aromatic heterocycles. The summed E-state index contributed by atoms with van der Waals surface area (Å²) in [5.41, 5.74) is 3.06. The summed E-state index contributed by atoms with van der Waals surface area (Å²) in [7, 11) is 0. The van der Waals surface area contributed by atoms with Crippen molar-refractivity contribution in [2.45, 2.75) is 38.6 Å². The number of hydrogen-bond donors (Lipinski definition) is 1. The zero-order valence-electron chi connectivity index (χ0n) is 8.59. The number of benzene rings is 1. The van der Waals surface area contributed by atoms with Crippen LogP contribution in [0.25, 0.3) is 0 Å². The molecular formula is C12H17N. The van der Waals surface area contributed by atoms with Gasteiger partial charge in [0.05, 0.1) is 0 Å². The van der Waals surface area contributed by atoms with Gasteiger partial charge in [-0.1, -0.05) is 39.0 Å². The zero-order chi connectivity index (χ0) is 9.47. The number of anilines is 1. The van der Waals surface area contributed by atoms with Gasteiger partial charge in [0.25, 0.3) is 0 Å². The van der Waals surface area contributed by atoms with Crippen LogP contribution in [0.15, 0.2) is 24.3 Å². The topological polar surface area (TPSA) is 12.0 Å². The lowest BCUT2D eigenvalue weighted by Gasteiger charge is -2.26. The van der Waals surface area contributed by atoms with E-state index in [9.17, 15) is 0 Å². The summed E-state index contributed by atoms with van der Waals surface area (Å²) in [6.07, 6.45) is 1.18. The van der Waals surface area contributed by atoms with Crippen LogP contribution in [0.1, 0.15) is 32.8 Å². The smallest absolute Gasteiger partial charge is 0.0381 e. The van der Waals surface area contributed by atoms with Crippen LogP contribution < -0.4 is 5.32 Å². The zero-order valence-corrected chi connectivity index (χ0v) is 8.59. The van der Waals surface area contributed by atoms with Crippen LogP contribution in [0.3, 0.4) is 0 Å². The lowest BCUT2D eigenvalue weighted by atomic mass is 9.80. The lowest BCUT2D eigenvalue weighted by molar-refractivity contribution is 0.450. The number of nitrogens with one attached hydrogen (secondary N) is 1. The molecule has 1 aromatic rings. The fraction of sp³-hybridized carbons (Fsp3) is 0.500. The second-order valence-electron chi connectivity index (χ2n) is 4.37. The van der Waals surface area contributed by atoms with Crippen LogP contribution in [-0.2, 0) is 5.41 Å². The van der Waals surface area contributed by atoms with Crippen molar-refractivity contribution in [1.29, 1.82) is 0 Å². The van der Waals surface area contributed by atoms with Crippen LogP contribution in [0.4, 0.5) is 5.69 Å². The molecule has 0 bridgehead atoms. The SMILES string of the molecule is CCC1Nc2ccccc2C1(C)C. The van der Waals surface area contributed by atoms with Gasteiger partial charge in [-0.3, -0.25) is 0 Å². The van der Waals surface area contributed by atoms with E-state index in [1.54, 1.807) is 0 Å². The normalized spacial score (nSPS) is 23.8. The molecule has 2 rings (SSSR count). The van der Waals surface area contributed by atoms with Gasteiger partial charge in [0, 0.05) is 17.1 Å². The molecule has 70 valence electrons. The van der Waals surface area contributed by atoms with Crippen LogP contribution in [0.2, 0.25) is 0 Å². The third kappa shape index (κ3) is 1.14. The maximum atomic E-state index is 3.57. The van der Waals surface area contributed by atoms with E-state index in [1.807, 2.05) is 0 Å². The molecule has 1 heteroatoms. The molecule has 1 unspecified atom stereocenters. The van der Waals surface area contributed by atoms with Gasteiger partial charge < -0.3 is 5.32 Å². The highest BCUT2D eigenvalue weighted by molar-refractivity contribution is 5.61. The summed E-state index contributed by atoms with van der Waals surface area (Å²) >= 11 is 0. The van der Waals surface area contributed by atoms with Crippen molar-refractivity contribution in [2.75, 3.05) is 5.32 Å². The summed E-state index contributed by atoms with van der Waals surface area (Å²) in [6, 6.07) is 9.22. The Morgan fingerprint density at radius 1 is 1.31 bits per heavy atom. The van der Waals surface area contributed by atoms with Crippen molar-refractivity contribution in [2.24, 2.45) is 0 Å². The third-order valence-corrected chi connectivity index (χ3v) is 3.23. The summed E-state index contributed by atoms with van der Waals surface area (Å²) in [4.78, 5) is 0. The van der Waals surface area contributed by atoms with E-state index in [0.717, 1.165) is 0 Å². The molecule has 1 aromatic carbocycles. The number of hydrogen-bond acceptors (Lipinski definition) is 1. The molecule has 0 saturated heterocycles. The molecule has 1 atom stereocenters. The molecule has 0 amide bonds. The predicted molar refractivity (Wildman–Crippen MR) is 57.2 cm³/mol. The standard InChI is InChI=1S/C12H17N/c1-4-11-12(2,3)9-7-5-6-8-10(9)13-11/h5-8,11,13H,4H2,1-3H3. The van der Waals surface area contributed by atoms with Crippen molar-refractivity contribution >= 4 is 5.69 Å². The summed E-state index contributed by atoms with van der Waals surface area (Å²) in [5.74, 6) is 0.